The molecule has 0 aliphatic carbocycles. The number of nitrogens with one attached hydrogen (secondary N) is 2. The van der Waals surface area contributed by atoms with E-state index in [-0.39, 0.29) is 29.8 Å². The predicted octanol–water partition coefficient (Wildman–Crippen LogP) is 5.13. The van der Waals surface area contributed by atoms with Crippen molar-refractivity contribution in [3.05, 3.63) is 35.4 Å². The van der Waals surface area contributed by atoms with Crippen molar-refractivity contribution in [3.63, 3.8) is 0 Å². The monoisotopic (exact) mass is 475 g/mol. The van der Waals surface area contributed by atoms with Crippen LogP contribution in [0.4, 0.5) is 4.79 Å². The molecule has 4 atom stereocenters. The number of carbonyl (C=O) groups excluding carboxylic acids is 3. The van der Waals surface area contributed by atoms with E-state index < -0.39 is 23.8 Å². The third-order valence-corrected chi connectivity index (χ3v) is 5.79. The summed E-state index contributed by atoms with van der Waals surface area (Å²) in [5, 5.41) is 5.78. The molecular formula is C27H45N3O4. The molecule has 0 spiro atoms. The van der Waals surface area contributed by atoms with Gasteiger partial charge in [-0.25, -0.2) is 4.79 Å². The summed E-state index contributed by atoms with van der Waals surface area (Å²) in [6, 6.07) is 5.70. The number of aryl methyl sites for hydroxylation is 1. The molecule has 4 unspecified atom stereocenters. The van der Waals surface area contributed by atoms with Gasteiger partial charge in [-0.15, -0.1) is 0 Å². The molecule has 3 amide bonds. The summed E-state index contributed by atoms with van der Waals surface area (Å²) in [6.07, 6.45) is 0.685. The van der Waals surface area contributed by atoms with Crippen LogP contribution in [-0.4, -0.2) is 46.5 Å². The molecule has 0 heterocycles. The Morgan fingerprint density at radius 3 is 2.09 bits per heavy atom. The number of benzene rings is 1. The van der Waals surface area contributed by atoms with Crippen molar-refractivity contribution in [3.8, 4) is 0 Å². The minimum Gasteiger partial charge on any atom is -0.444 e. The summed E-state index contributed by atoms with van der Waals surface area (Å²) in [7, 11) is 0. The molecule has 2 N–H and O–H groups in total. The second-order valence-corrected chi connectivity index (χ2v) is 10.5. The second kappa shape index (κ2) is 12.8. The summed E-state index contributed by atoms with van der Waals surface area (Å²) in [5.74, 6) is -0.688. The molecule has 1 aromatic rings. The highest BCUT2D eigenvalue weighted by atomic mass is 16.6. The summed E-state index contributed by atoms with van der Waals surface area (Å²) in [4.78, 5) is 41.9. The molecule has 0 saturated heterocycles. The quantitative estimate of drug-likeness (QED) is 0.491. The number of nitrogens with zero attached hydrogens (tertiary/aromatic N) is 1. The first-order chi connectivity index (χ1) is 15.7. The topological polar surface area (TPSA) is 87.7 Å². The first-order valence-electron chi connectivity index (χ1n) is 12.4. The SMILES string of the molecule is CCC(C)C(NC(=O)OC(C)(C)C)C(=O)N(C(C)CC)C(C(=O)NC(C)C)c1cccc(C)c1. The molecule has 0 saturated carbocycles. The third-order valence-electron chi connectivity index (χ3n) is 5.79. The Hall–Kier alpha value is -2.57. The number of rotatable bonds is 10. The fraction of sp³-hybridized carbons (Fsp3) is 0.667. The van der Waals surface area contributed by atoms with Gasteiger partial charge in [-0.2, -0.15) is 0 Å². The average molecular weight is 476 g/mol. The molecule has 34 heavy (non-hydrogen) atoms. The van der Waals surface area contributed by atoms with Gasteiger partial charge in [-0.1, -0.05) is 57.0 Å². The van der Waals surface area contributed by atoms with Crippen molar-refractivity contribution in [1.82, 2.24) is 15.5 Å². The van der Waals surface area contributed by atoms with Crippen LogP contribution in [0.3, 0.4) is 0 Å². The molecule has 0 aliphatic rings. The van der Waals surface area contributed by atoms with E-state index in [0.29, 0.717) is 12.8 Å². The molecule has 0 fully saturated rings. The van der Waals surface area contributed by atoms with Crippen LogP contribution in [0.15, 0.2) is 24.3 Å². The highest BCUT2D eigenvalue weighted by Crippen LogP contribution is 2.28. The number of hydrogen-bond acceptors (Lipinski definition) is 4. The predicted molar refractivity (Wildman–Crippen MR) is 136 cm³/mol. The van der Waals surface area contributed by atoms with Crippen LogP contribution in [0.2, 0.25) is 0 Å². The van der Waals surface area contributed by atoms with Crippen LogP contribution in [0.5, 0.6) is 0 Å². The number of ether oxygens (including phenoxy) is 1. The first-order valence-corrected chi connectivity index (χ1v) is 12.4. The Morgan fingerprint density at radius 2 is 1.62 bits per heavy atom. The fourth-order valence-electron chi connectivity index (χ4n) is 3.72. The minimum absolute atomic E-state index is 0.0843. The molecule has 1 rings (SSSR count). The normalized spacial score (nSPS) is 15.1. The van der Waals surface area contributed by atoms with Gasteiger partial charge in [0.25, 0.3) is 0 Å². The van der Waals surface area contributed by atoms with Crippen molar-refractivity contribution < 1.29 is 19.1 Å². The van der Waals surface area contributed by atoms with E-state index in [1.165, 1.54) is 0 Å². The van der Waals surface area contributed by atoms with Gasteiger partial charge in [-0.05, 0) is 66.4 Å². The smallest absolute Gasteiger partial charge is 0.408 e. The zero-order valence-corrected chi connectivity index (χ0v) is 22.7. The molecule has 1 aromatic carbocycles. The van der Waals surface area contributed by atoms with Gasteiger partial charge in [0.05, 0.1) is 0 Å². The molecule has 0 radical (unpaired) electrons. The van der Waals surface area contributed by atoms with Crippen molar-refractivity contribution >= 4 is 17.9 Å². The highest BCUT2D eigenvalue weighted by Gasteiger charge is 2.40. The van der Waals surface area contributed by atoms with Crippen LogP contribution in [0.25, 0.3) is 0 Å². The van der Waals surface area contributed by atoms with Crippen LogP contribution in [-0.2, 0) is 14.3 Å². The van der Waals surface area contributed by atoms with Gasteiger partial charge in [0, 0.05) is 12.1 Å². The van der Waals surface area contributed by atoms with E-state index in [9.17, 15) is 14.4 Å². The minimum atomic E-state index is -0.826. The number of carbonyl (C=O) groups is 3. The summed E-state index contributed by atoms with van der Waals surface area (Å²) >= 11 is 0. The first kappa shape index (κ1) is 29.5. The molecule has 0 aromatic heterocycles. The Labute approximate surface area is 206 Å². The summed E-state index contributed by atoms with van der Waals surface area (Å²) < 4.78 is 5.44. The zero-order chi connectivity index (χ0) is 26.2. The van der Waals surface area contributed by atoms with Crippen LogP contribution in [0, 0.1) is 12.8 Å². The number of amides is 3. The lowest BCUT2D eigenvalue weighted by Crippen LogP contribution is -2.57. The van der Waals surface area contributed by atoms with Crippen molar-refractivity contribution in [2.75, 3.05) is 0 Å². The Bertz CT molecular complexity index is 831. The summed E-state index contributed by atoms with van der Waals surface area (Å²) in [5.41, 5.74) is 1.05. The molecule has 0 bridgehead atoms. The van der Waals surface area contributed by atoms with Gasteiger partial charge in [0.15, 0.2) is 0 Å². The summed E-state index contributed by atoms with van der Waals surface area (Å²) in [6.45, 7) is 18.9. The lowest BCUT2D eigenvalue weighted by molar-refractivity contribution is -0.146. The highest BCUT2D eigenvalue weighted by molar-refractivity contribution is 5.92. The second-order valence-electron chi connectivity index (χ2n) is 10.5. The average Bonchev–Trinajstić information content (AvgIpc) is 2.72. The van der Waals surface area contributed by atoms with Gasteiger partial charge >= 0.3 is 6.09 Å². The lowest BCUT2D eigenvalue weighted by atomic mass is 9.94. The standard InChI is InChI=1S/C27H45N3O4/c1-11-19(6)22(29-26(33)34-27(8,9)10)25(32)30(20(7)12-2)23(24(31)28-17(3)4)21-15-13-14-18(5)16-21/h13-17,19-20,22-23H,11-12H2,1-10H3,(H,28,31)(H,29,33). The fourth-order valence-corrected chi connectivity index (χ4v) is 3.72. The van der Waals surface area contributed by atoms with E-state index in [4.69, 9.17) is 4.74 Å². The van der Waals surface area contributed by atoms with Gasteiger partial charge < -0.3 is 20.3 Å². The van der Waals surface area contributed by atoms with Gasteiger partial charge in [-0.3, -0.25) is 9.59 Å². The molecule has 0 aliphatic heterocycles. The Kier molecular flexibility index (Phi) is 11.1. The molecule has 192 valence electrons. The molecular weight excluding hydrogens is 430 g/mol. The van der Waals surface area contributed by atoms with Crippen LogP contribution in [0.1, 0.15) is 92.3 Å². The van der Waals surface area contributed by atoms with Crippen molar-refractivity contribution in [2.24, 2.45) is 5.92 Å². The van der Waals surface area contributed by atoms with Crippen LogP contribution < -0.4 is 10.6 Å². The maximum absolute atomic E-state index is 14.1. The van der Waals surface area contributed by atoms with Crippen LogP contribution >= 0.6 is 0 Å². The Morgan fingerprint density at radius 1 is 1.00 bits per heavy atom. The number of alkyl carbamates (subject to hydrolysis) is 1. The maximum atomic E-state index is 14.1. The molecule has 7 nitrogen and oxygen atoms in total. The van der Waals surface area contributed by atoms with Crippen molar-refractivity contribution in [2.45, 2.75) is 112 Å². The van der Waals surface area contributed by atoms with E-state index in [1.54, 1.807) is 25.7 Å². The van der Waals surface area contributed by atoms with Crippen molar-refractivity contribution in [1.29, 1.82) is 0 Å². The van der Waals surface area contributed by atoms with Gasteiger partial charge in [0.2, 0.25) is 11.8 Å². The van der Waals surface area contributed by atoms with E-state index in [1.807, 2.05) is 72.7 Å². The lowest BCUT2D eigenvalue weighted by Gasteiger charge is -2.39. The van der Waals surface area contributed by atoms with E-state index in [0.717, 1.165) is 11.1 Å². The van der Waals surface area contributed by atoms with Gasteiger partial charge in [0.1, 0.15) is 17.7 Å². The zero-order valence-electron chi connectivity index (χ0n) is 22.7. The van der Waals surface area contributed by atoms with E-state index in [2.05, 4.69) is 10.6 Å². The largest absolute Gasteiger partial charge is 0.444 e. The number of hydrogen-bond donors (Lipinski definition) is 2. The van der Waals surface area contributed by atoms with E-state index >= 15 is 0 Å². The third kappa shape index (κ3) is 8.65. The maximum Gasteiger partial charge on any atom is 0.408 e. The molecule has 7 heteroatoms. The Balaban J connectivity index is 3.55.